The molecule has 0 aromatic heterocycles. The lowest BCUT2D eigenvalue weighted by Gasteiger charge is -2.42. The van der Waals surface area contributed by atoms with Crippen molar-refractivity contribution in [1.29, 1.82) is 0 Å². The predicted molar refractivity (Wildman–Crippen MR) is 45.8 cm³/mol. The van der Waals surface area contributed by atoms with Gasteiger partial charge in [-0.05, 0) is 25.2 Å². The molecule has 0 unspecified atom stereocenters. The topological polar surface area (TPSA) is 37.3 Å². The van der Waals surface area contributed by atoms with Gasteiger partial charge in [0.1, 0.15) is 5.78 Å². The van der Waals surface area contributed by atoms with Crippen molar-refractivity contribution in [3.05, 3.63) is 0 Å². The molecule has 1 N–H and O–H groups in total. The molecule has 12 heavy (non-hydrogen) atoms. The van der Waals surface area contributed by atoms with Crippen molar-refractivity contribution in [2.24, 2.45) is 5.92 Å². The highest BCUT2D eigenvalue weighted by atomic mass is 16.3. The number of aliphatic hydroxyl groups is 1. The first-order chi connectivity index (χ1) is 5.71. The summed E-state index contributed by atoms with van der Waals surface area (Å²) in [6.07, 6.45) is 6.37. The Bertz CT molecular complexity index is 200. The van der Waals surface area contributed by atoms with E-state index in [-0.39, 0.29) is 5.78 Å². The van der Waals surface area contributed by atoms with Crippen LogP contribution in [0.4, 0.5) is 0 Å². The smallest absolute Gasteiger partial charge is 0.135 e. The van der Waals surface area contributed by atoms with Crippen LogP contribution in [0, 0.1) is 5.92 Å². The number of Topliss-reactive ketones (excluding diaryl/α,β-unsaturated/α-hetero) is 1. The number of fused-ring (bicyclic) bond motifs is 1. The molecule has 2 heteroatoms. The minimum absolute atomic E-state index is 0.260. The maximum absolute atomic E-state index is 11.2. The number of hydrogen-bond acceptors (Lipinski definition) is 2. The molecule has 0 aromatic carbocycles. The molecule has 0 radical (unpaired) electrons. The van der Waals surface area contributed by atoms with Crippen LogP contribution in [0.5, 0.6) is 0 Å². The van der Waals surface area contributed by atoms with E-state index in [1.54, 1.807) is 0 Å². The molecule has 0 aromatic rings. The highest BCUT2D eigenvalue weighted by Gasteiger charge is 2.43. The number of ketones is 1. The summed E-state index contributed by atoms with van der Waals surface area (Å²) in [6, 6.07) is 0. The van der Waals surface area contributed by atoms with Gasteiger partial charge in [-0.3, -0.25) is 4.79 Å². The van der Waals surface area contributed by atoms with Crippen LogP contribution in [0.25, 0.3) is 0 Å². The van der Waals surface area contributed by atoms with Crippen LogP contribution < -0.4 is 0 Å². The van der Waals surface area contributed by atoms with Crippen molar-refractivity contribution in [2.75, 3.05) is 0 Å². The molecule has 0 saturated heterocycles. The van der Waals surface area contributed by atoms with Crippen LogP contribution in [0.3, 0.4) is 0 Å². The lowest BCUT2D eigenvalue weighted by molar-refractivity contribution is -0.136. The van der Waals surface area contributed by atoms with Crippen molar-refractivity contribution < 1.29 is 9.90 Å². The second-order valence-corrected chi connectivity index (χ2v) is 4.30. The third-order valence-electron chi connectivity index (χ3n) is 3.45. The molecule has 2 nitrogen and oxygen atoms in total. The minimum atomic E-state index is -0.604. The molecule has 68 valence electrons. The molecule has 0 bridgehead atoms. The van der Waals surface area contributed by atoms with Crippen molar-refractivity contribution in [3.63, 3.8) is 0 Å². The van der Waals surface area contributed by atoms with Gasteiger partial charge in [-0.25, -0.2) is 0 Å². The Kier molecular flexibility index (Phi) is 1.95. The van der Waals surface area contributed by atoms with Crippen LogP contribution in [0.1, 0.15) is 44.9 Å². The van der Waals surface area contributed by atoms with E-state index in [9.17, 15) is 9.90 Å². The third-order valence-corrected chi connectivity index (χ3v) is 3.45. The lowest BCUT2D eigenvalue weighted by Crippen LogP contribution is -2.45. The number of hydrogen-bond donors (Lipinski definition) is 1. The molecule has 2 rings (SSSR count). The fourth-order valence-electron chi connectivity index (χ4n) is 2.71. The van der Waals surface area contributed by atoms with Crippen LogP contribution in [-0.4, -0.2) is 16.5 Å². The molecule has 2 fully saturated rings. The average Bonchev–Trinajstić information content (AvgIpc) is 2.02. The first kappa shape index (κ1) is 8.24. The highest BCUT2D eigenvalue weighted by Crippen LogP contribution is 2.42. The molecule has 2 atom stereocenters. The first-order valence-corrected chi connectivity index (χ1v) is 4.95. The normalized spacial score (nSPS) is 42.4. The Morgan fingerprint density at radius 3 is 3.00 bits per heavy atom. The highest BCUT2D eigenvalue weighted by molar-refractivity contribution is 5.80. The summed E-state index contributed by atoms with van der Waals surface area (Å²) in [5, 5.41) is 10.1. The second-order valence-electron chi connectivity index (χ2n) is 4.30. The van der Waals surface area contributed by atoms with Gasteiger partial charge in [-0.1, -0.05) is 12.8 Å². The van der Waals surface area contributed by atoms with Gasteiger partial charge in [0.25, 0.3) is 0 Å². The molecule has 2 aliphatic carbocycles. The Balaban J connectivity index is 2.12. The van der Waals surface area contributed by atoms with Crippen molar-refractivity contribution >= 4 is 5.78 Å². The Labute approximate surface area is 73.0 Å². The van der Waals surface area contributed by atoms with E-state index in [2.05, 4.69) is 0 Å². The zero-order valence-electron chi connectivity index (χ0n) is 7.38. The first-order valence-electron chi connectivity index (χ1n) is 4.95. The Morgan fingerprint density at radius 2 is 2.17 bits per heavy atom. The molecule has 2 aliphatic rings. The van der Waals surface area contributed by atoms with E-state index in [1.165, 1.54) is 6.42 Å². The largest absolute Gasteiger partial charge is 0.389 e. The molecule has 2 saturated carbocycles. The lowest BCUT2D eigenvalue weighted by atomic mass is 9.67. The van der Waals surface area contributed by atoms with E-state index < -0.39 is 5.60 Å². The summed E-state index contributed by atoms with van der Waals surface area (Å²) < 4.78 is 0. The zero-order chi connectivity index (χ0) is 8.60. The summed E-state index contributed by atoms with van der Waals surface area (Å²) in [5.74, 6) is 0.680. The summed E-state index contributed by atoms with van der Waals surface area (Å²) in [5.41, 5.74) is -0.604. The number of carbonyl (C=O) groups excluding carboxylic acids is 1. The fourth-order valence-corrected chi connectivity index (χ4v) is 2.71. The van der Waals surface area contributed by atoms with E-state index in [4.69, 9.17) is 0 Å². The van der Waals surface area contributed by atoms with Gasteiger partial charge in [-0.2, -0.15) is 0 Å². The molecule has 0 heterocycles. The summed E-state index contributed by atoms with van der Waals surface area (Å²) in [4.78, 5) is 11.2. The average molecular weight is 168 g/mol. The summed E-state index contributed by atoms with van der Waals surface area (Å²) >= 11 is 0. The van der Waals surface area contributed by atoms with Gasteiger partial charge in [0, 0.05) is 12.8 Å². The SMILES string of the molecule is O=C1CC[C@H]2CCCC[C@@]2(O)C1. The Hall–Kier alpha value is -0.370. The Morgan fingerprint density at radius 1 is 1.33 bits per heavy atom. The molecule has 0 aliphatic heterocycles. The molecule has 0 amide bonds. The van der Waals surface area contributed by atoms with Gasteiger partial charge in [0.15, 0.2) is 0 Å². The second kappa shape index (κ2) is 2.84. The monoisotopic (exact) mass is 168 g/mol. The van der Waals surface area contributed by atoms with Gasteiger partial charge >= 0.3 is 0 Å². The van der Waals surface area contributed by atoms with Crippen LogP contribution in [0.15, 0.2) is 0 Å². The quantitative estimate of drug-likeness (QED) is 0.597. The standard InChI is InChI=1S/C10H16O2/c11-9-5-4-8-3-1-2-6-10(8,12)7-9/h8,12H,1-7H2/t8-,10-/m1/s1. The van der Waals surface area contributed by atoms with Gasteiger partial charge in [0.05, 0.1) is 5.60 Å². The van der Waals surface area contributed by atoms with Gasteiger partial charge in [-0.15, -0.1) is 0 Å². The van der Waals surface area contributed by atoms with Gasteiger partial charge < -0.3 is 5.11 Å². The maximum atomic E-state index is 11.2. The zero-order valence-corrected chi connectivity index (χ0v) is 7.38. The number of carbonyl (C=O) groups is 1. The van der Waals surface area contributed by atoms with Crippen LogP contribution in [0.2, 0.25) is 0 Å². The van der Waals surface area contributed by atoms with E-state index in [0.717, 1.165) is 25.7 Å². The predicted octanol–water partition coefficient (Wildman–Crippen LogP) is 1.66. The van der Waals surface area contributed by atoms with E-state index >= 15 is 0 Å². The maximum Gasteiger partial charge on any atom is 0.135 e. The van der Waals surface area contributed by atoms with Gasteiger partial charge in [0.2, 0.25) is 0 Å². The summed E-state index contributed by atoms with van der Waals surface area (Å²) in [6.45, 7) is 0. The van der Waals surface area contributed by atoms with Crippen molar-refractivity contribution in [2.45, 2.75) is 50.5 Å². The van der Waals surface area contributed by atoms with Crippen LogP contribution in [-0.2, 0) is 4.79 Å². The fraction of sp³-hybridized carbons (Fsp3) is 0.900. The van der Waals surface area contributed by atoms with Crippen molar-refractivity contribution in [1.82, 2.24) is 0 Å². The molecular weight excluding hydrogens is 152 g/mol. The van der Waals surface area contributed by atoms with Crippen molar-refractivity contribution in [3.8, 4) is 0 Å². The minimum Gasteiger partial charge on any atom is -0.389 e. The van der Waals surface area contributed by atoms with Crippen LogP contribution >= 0.6 is 0 Å². The molecule has 0 spiro atoms. The van der Waals surface area contributed by atoms with E-state index in [0.29, 0.717) is 18.8 Å². The number of rotatable bonds is 0. The summed E-state index contributed by atoms with van der Waals surface area (Å²) in [7, 11) is 0. The van der Waals surface area contributed by atoms with E-state index in [1.807, 2.05) is 0 Å². The third kappa shape index (κ3) is 1.28. The molecular formula is C10H16O2.